The summed E-state index contributed by atoms with van der Waals surface area (Å²) in [7, 11) is 0. The zero-order valence-corrected chi connectivity index (χ0v) is 19.6. The summed E-state index contributed by atoms with van der Waals surface area (Å²) < 4.78 is 24.8. The molecule has 0 amide bonds. The predicted molar refractivity (Wildman–Crippen MR) is 130 cm³/mol. The Morgan fingerprint density at radius 2 is 0.806 bits per heavy atom. The zero-order chi connectivity index (χ0) is 22.0. The van der Waals surface area contributed by atoms with Crippen molar-refractivity contribution < 1.29 is 7.77 Å². The SMILES string of the molecule is FSc1ccc(CNCCCNCCCNCCCNCc2ccc(SF)cc2)cc1. The molecule has 0 saturated carbocycles. The lowest BCUT2D eigenvalue weighted by Gasteiger charge is -2.08. The first kappa shape index (κ1) is 26.1. The second kappa shape index (κ2) is 17.4. The van der Waals surface area contributed by atoms with Crippen LogP contribution in [0.4, 0.5) is 7.77 Å². The number of rotatable bonds is 18. The molecule has 0 bridgehead atoms. The molecule has 172 valence electrons. The van der Waals surface area contributed by atoms with E-state index in [-0.39, 0.29) is 24.3 Å². The summed E-state index contributed by atoms with van der Waals surface area (Å²) in [6.45, 7) is 7.66. The van der Waals surface area contributed by atoms with Crippen molar-refractivity contribution in [2.45, 2.75) is 42.1 Å². The topological polar surface area (TPSA) is 48.1 Å². The van der Waals surface area contributed by atoms with Crippen LogP contribution in [0, 0.1) is 0 Å². The highest BCUT2D eigenvalue weighted by Gasteiger charge is 1.97. The summed E-state index contributed by atoms with van der Waals surface area (Å²) >= 11 is 0.561. The largest absolute Gasteiger partial charge is 0.317 e. The Labute approximate surface area is 194 Å². The predicted octanol–water partition coefficient (Wildman–Crippen LogP) is 4.87. The van der Waals surface area contributed by atoms with Crippen molar-refractivity contribution in [3.63, 3.8) is 0 Å². The highest BCUT2D eigenvalue weighted by Crippen LogP contribution is 2.19. The molecule has 2 rings (SSSR count). The van der Waals surface area contributed by atoms with Crippen LogP contribution < -0.4 is 21.3 Å². The molecule has 0 atom stereocenters. The van der Waals surface area contributed by atoms with E-state index in [9.17, 15) is 7.77 Å². The summed E-state index contributed by atoms with van der Waals surface area (Å²) in [4.78, 5) is 1.30. The van der Waals surface area contributed by atoms with Crippen molar-refractivity contribution in [2.75, 3.05) is 39.3 Å². The molecule has 2 aromatic carbocycles. The third-order valence-corrected chi connectivity index (χ3v) is 5.71. The molecule has 0 heterocycles. The molecule has 0 unspecified atom stereocenters. The smallest absolute Gasteiger partial charge is 0.0812 e. The summed E-state index contributed by atoms with van der Waals surface area (Å²) in [6, 6.07) is 15.1. The van der Waals surface area contributed by atoms with Gasteiger partial charge in [-0.05, 0) is 93.9 Å². The molecule has 0 radical (unpaired) electrons. The monoisotopic (exact) mass is 468 g/mol. The maximum atomic E-state index is 12.4. The number of hydrogen-bond donors (Lipinski definition) is 4. The van der Waals surface area contributed by atoms with Gasteiger partial charge in [0.1, 0.15) is 0 Å². The van der Waals surface area contributed by atoms with E-state index in [0.29, 0.717) is 9.79 Å². The minimum atomic E-state index is 0.281. The van der Waals surface area contributed by atoms with Gasteiger partial charge in [0.25, 0.3) is 0 Å². The average molecular weight is 469 g/mol. The van der Waals surface area contributed by atoms with Crippen LogP contribution in [0.1, 0.15) is 30.4 Å². The van der Waals surface area contributed by atoms with E-state index in [1.807, 2.05) is 48.5 Å². The van der Waals surface area contributed by atoms with Crippen LogP contribution in [0.5, 0.6) is 0 Å². The second-order valence-electron chi connectivity index (χ2n) is 7.36. The van der Waals surface area contributed by atoms with Crippen molar-refractivity contribution in [1.82, 2.24) is 21.3 Å². The molecule has 2 aromatic rings. The highest BCUT2D eigenvalue weighted by atomic mass is 32.2. The van der Waals surface area contributed by atoms with Crippen LogP contribution in [-0.2, 0) is 13.1 Å². The van der Waals surface area contributed by atoms with Crippen molar-refractivity contribution in [3.8, 4) is 0 Å². The van der Waals surface area contributed by atoms with E-state index in [1.54, 1.807) is 0 Å². The standard InChI is InChI=1S/C23H34F2N4S2/c24-30-22-8-4-20(5-9-22)18-28-16-2-14-26-12-1-13-27-15-3-17-29-19-21-6-10-23(31-25)11-7-21/h4-11,26-29H,1-3,12-19H2. The Hall–Kier alpha value is -1.16. The lowest BCUT2D eigenvalue weighted by atomic mass is 10.2. The van der Waals surface area contributed by atoms with Gasteiger partial charge in [-0.15, -0.1) is 0 Å². The van der Waals surface area contributed by atoms with Gasteiger partial charge >= 0.3 is 0 Å². The van der Waals surface area contributed by atoms with E-state index in [1.165, 1.54) is 11.1 Å². The molecule has 8 heteroatoms. The molecular formula is C23H34F2N4S2. The number of halogens is 2. The normalized spacial score (nSPS) is 11.2. The number of nitrogens with one attached hydrogen (secondary N) is 4. The Kier molecular flexibility index (Phi) is 14.6. The van der Waals surface area contributed by atoms with Crippen LogP contribution in [0.15, 0.2) is 58.3 Å². The minimum Gasteiger partial charge on any atom is -0.317 e. The van der Waals surface area contributed by atoms with Crippen LogP contribution in [-0.4, -0.2) is 39.3 Å². The van der Waals surface area contributed by atoms with E-state index < -0.39 is 0 Å². The molecule has 0 aromatic heterocycles. The van der Waals surface area contributed by atoms with Gasteiger partial charge in [0.05, 0.1) is 24.3 Å². The van der Waals surface area contributed by atoms with Gasteiger partial charge in [0.2, 0.25) is 0 Å². The van der Waals surface area contributed by atoms with E-state index in [4.69, 9.17) is 0 Å². The number of benzene rings is 2. The fourth-order valence-electron chi connectivity index (χ4n) is 3.05. The van der Waals surface area contributed by atoms with Crippen molar-refractivity contribution in [3.05, 3.63) is 59.7 Å². The van der Waals surface area contributed by atoms with Gasteiger partial charge < -0.3 is 21.3 Å². The third-order valence-electron chi connectivity index (χ3n) is 4.80. The molecule has 0 spiro atoms. The fraction of sp³-hybridized carbons (Fsp3) is 0.478. The van der Waals surface area contributed by atoms with Gasteiger partial charge in [-0.3, -0.25) is 0 Å². The third kappa shape index (κ3) is 12.5. The molecular weight excluding hydrogens is 434 g/mol. The van der Waals surface area contributed by atoms with Crippen LogP contribution >= 0.6 is 24.3 Å². The Morgan fingerprint density at radius 3 is 1.13 bits per heavy atom. The molecule has 0 aliphatic carbocycles. The number of hydrogen-bond acceptors (Lipinski definition) is 6. The molecule has 0 fully saturated rings. The molecule has 4 nitrogen and oxygen atoms in total. The molecule has 0 aliphatic heterocycles. The van der Waals surface area contributed by atoms with Gasteiger partial charge in [0.15, 0.2) is 0 Å². The van der Waals surface area contributed by atoms with Gasteiger partial charge in [0, 0.05) is 22.9 Å². The van der Waals surface area contributed by atoms with E-state index in [2.05, 4.69) is 21.3 Å². The fourth-order valence-corrected chi connectivity index (χ4v) is 3.53. The Morgan fingerprint density at radius 1 is 0.484 bits per heavy atom. The molecule has 4 N–H and O–H groups in total. The lowest BCUT2D eigenvalue weighted by molar-refractivity contribution is 0.551. The van der Waals surface area contributed by atoms with Crippen molar-refractivity contribution >= 4 is 24.3 Å². The summed E-state index contributed by atoms with van der Waals surface area (Å²) in [6.07, 6.45) is 3.30. The highest BCUT2D eigenvalue weighted by molar-refractivity contribution is 7.94. The molecule has 31 heavy (non-hydrogen) atoms. The van der Waals surface area contributed by atoms with Gasteiger partial charge in [-0.25, -0.2) is 0 Å². The lowest BCUT2D eigenvalue weighted by Crippen LogP contribution is -2.26. The van der Waals surface area contributed by atoms with Gasteiger partial charge in [-0.1, -0.05) is 24.3 Å². The summed E-state index contributed by atoms with van der Waals surface area (Å²) in [5, 5.41) is 13.8. The van der Waals surface area contributed by atoms with Crippen LogP contribution in [0.25, 0.3) is 0 Å². The van der Waals surface area contributed by atoms with E-state index >= 15 is 0 Å². The summed E-state index contributed by atoms with van der Waals surface area (Å²) in [5.74, 6) is 0. The zero-order valence-electron chi connectivity index (χ0n) is 18.0. The molecule has 0 saturated heterocycles. The first-order valence-corrected chi connectivity index (χ1v) is 12.3. The van der Waals surface area contributed by atoms with E-state index in [0.717, 1.165) is 71.6 Å². The van der Waals surface area contributed by atoms with Crippen LogP contribution in [0.2, 0.25) is 0 Å². The Bertz CT molecular complexity index is 627. The van der Waals surface area contributed by atoms with Crippen molar-refractivity contribution in [1.29, 1.82) is 0 Å². The average Bonchev–Trinajstić information content (AvgIpc) is 2.82. The van der Waals surface area contributed by atoms with Gasteiger partial charge in [-0.2, -0.15) is 7.77 Å². The maximum Gasteiger partial charge on any atom is 0.0812 e. The van der Waals surface area contributed by atoms with Crippen LogP contribution in [0.3, 0.4) is 0 Å². The minimum absolute atomic E-state index is 0.281. The Balaban J connectivity index is 1.30. The first-order valence-electron chi connectivity index (χ1n) is 10.9. The summed E-state index contributed by atoms with van der Waals surface area (Å²) in [5.41, 5.74) is 2.36. The molecule has 0 aliphatic rings. The second-order valence-corrected chi connectivity index (χ2v) is 8.61. The first-order chi connectivity index (χ1) is 15.3. The quantitative estimate of drug-likeness (QED) is 0.234. The maximum absolute atomic E-state index is 12.4. The van der Waals surface area contributed by atoms with Crippen molar-refractivity contribution in [2.24, 2.45) is 0 Å².